The Morgan fingerprint density at radius 2 is 1.93 bits per heavy atom. The van der Waals surface area contributed by atoms with Gasteiger partial charge < -0.3 is 20.1 Å². The van der Waals surface area contributed by atoms with E-state index in [4.69, 9.17) is 9.47 Å². The third-order valence-corrected chi connectivity index (χ3v) is 5.28. The first kappa shape index (κ1) is 20.6. The summed E-state index contributed by atoms with van der Waals surface area (Å²) in [7, 11) is 1.54. The number of rotatable bonds is 8. The van der Waals surface area contributed by atoms with E-state index in [0.717, 1.165) is 23.3 Å². The van der Waals surface area contributed by atoms with Crippen LogP contribution in [0.15, 0.2) is 24.3 Å². The molecule has 0 unspecified atom stereocenters. The van der Waals surface area contributed by atoms with Gasteiger partial charge in [0.05, 0.1) is 13.5 Å². The van der Waals surface area contributed by atoms with Crippen molar-refractivity contribution in [3.05, 3.63) is 29.8 Å². The molecule has 1 saturated carbocycles. The first-order valence-electron chi connectivity index (χ1n) is 9.63. The second-order valence-corrected chi connectivity index (χ2v) is 7.18. The molecular formula is C20H25N3O6. The number of nitrogens with one attached hydrogen (secondary N) is 2. The average molecular weight is 403 g/mol. The van der Waals surface area contributed by atoms with E-state index in [0.29, 0.717) is 18.6 Å². The molecule has 1 aliphatic carbocycles. The normalized spacial score (nSPS) is 17.3. The van der Waals surface area contributed by atoms with Crippen molar-refractivity contribution < 1.29 is 28.7 Å². The topological polar surface area (TPSA) is 114 Å². The summed E-state index contributed by atoms with van der Waals surface area (Å²) < 4.78 is 10.2. The highest BCUT2D eigenvalue weighted by Gasteiger charge is 2.52. The largest absolute Gasteiger partial charge is 0.496 e. The second-order valence-electron chi connectivity index (χ2n) is 7.18. The Hall–Kier alpha value is -3.10. The van der Waals surface area contributed by atoms with Crippen LogP contribution in [0.5, 0.6) is 5.75 Å². The van der Waals surface area contributed by atoms with Gasteiger partial charge in [-0.1, -0.05) is 31.0 Å². The molecule has 1 aromatic carbocycles. The lowest BCUT2D eigenvalue weighted by Crippen LogP contribution is -2.44. The number of benzene rings is 1. The molecule has 1 heterocycles. The second kappa shape index (κ2) is 8.93. The zero-order valence-electron chi connectivity index (χ0n) is 16.4. The fourth-order valence-electron chi connectivity index (χ4n) is 3.71. The lowest BCUT2D eigenvalue weighted by Gasteiger charge is -2.19. The molecule has 2 fully saturated rings. The molecule has 1 spiro atoms. The number of hydrogen-bond donors (Lipinski definition) is 2. The number of urea groups is 1. The summed E-state index contributed by atoms with van der Waals surface area (Å²) in [5.74, 6) is -0.727. The molecule has 3 rings (SSSR count). The number of carbonyl (C=O) groups is 4. The molecule has 9 heteroatoms. The van der Waals surface area contributed by atoms with Crippen LogP contribution in [0.2, 0.25) is 0 Å². The third kappa shape index (κ3) is 4.67. The zero-order chi connectivity index (χ0) is 20.9. The van der Waals surface area contributed by atoms with Crippen molar-refractivity contribution in [2.75, 3.05) is 20.3 Å². The van der Waals surface area contributed by atoms with Crippen LogP contribution in [-0.2, 0) is 25.7 Å². The summed E-state index contributed by atoms with van der Waals surface area (Å²) >= 11 is 0. The van der Waals surface area contributed by atoms with Crippen molar-refractivity contribution in [1.82, 2.24) is 15.5 Å². The summed E-state index contributed by atoms with van der Waals surface area (Å²) in [6.45, 7) is -0.253. The Bertz CT molecular complexity index is 803. The van der Waals surface area contributed by atoms with Crippen molar-refractivity contribution in [2.24, 2.45) is 0 Å². The number of carbonyl (C=O) groups excluding carboxylic acids is 4. The minimum Gasteiger partial charge on any atom is -0.496 e. The van der Waals surface area contributed by atoms with Crippen molar-refractivity contribution >= 4 is 23.8 Å². The van der Waals surface area contributed by atoms with Gasteiger partial charge in [0.1, 0.15) is 11.3 Å². The summed E-state index contributed by atoms with van der Waals surface area (Å²) in [5.41, 5.74) is 0.00778. The van der Waals surface area contributed by atoms with E-state index in [1.165, 1.54) is 0 Å². The van der Waals surface area contributed by atoms with E-state index in [9.17, 15) is 19.2 Å². The van der Waals surface area contributed by atoms with Gasteiger partial charge >= 0.3 is 12.0 Å². The highest BCUT2D eigenvalue weighted by atomic mass is 16.5. The van der Waals surface area contributed by atoms with Crippen LogP contribution in [0.25, 0.3) is 0 Å². The van der Waals surface area contributed by atoms with Crippen molar-refractivity contribution in [2.45, 2.75) is 44.2 Å². The summed E-state index contributed by atoms with van der Waals surface area (Å²) in [4.78, 5) is 49.4. The highest BCUT2D eigenvalue weighted by Crippen LogP contribution is 2.35. The number of amides is 4. The molecule has 0 atom stereocenters. The monoisotopic (exact) mass is 403 g/mol. The maximum atomic E-state index is 12.5. The van der Waals surface area contributed by atoms with Crippen molar-refractivity contribution in [3.63, 3.8) is 0 Å². The number of imide groups is 1. The Labute approximate surface area is 168 Å². The lowest BCUT2D eigenvalue weighted by atomic mass is 9.98. The molecule has 2 aliphatic rings. The summed E-state index contributed by atoms with van der Waals surface area (Å²) in [6, 6.07) is 6.79. The molecule has 4 amide bonds. The quantitative estimate of drug-likeness (QED) is 0.496. The van der Waals surface area contributed by atoms with Gasteiger partial charge in [-0.25, -0.2) is 4.79 Å². The van der Waals surface area contributed by atoms with Gasteiger partial charge in [-0.2, -0.15) is 0 Å². The molecular weight excluding hydrogens is 378 g/mol. The fourth-order valence-corrected chi connectivity index (χ4v) is 3.71. The molecule has 156 valence electrons. The molecule has 1 saturated heterocycles. The highest BCUT2D eigenvalue weighted by molar-refractivity contribution is 6.07. The molecule has 29 heavy (non-hydrogen) atoms. The predicted molar refractivity (Wildman–Crippen MR) is 102 cm³/mol. The Balaban J connectivity index is 1.39. The van der Waals surface area contributed by atoms with Crippen LogP contribution in [0, 0.1) is 0 Å². The van der Waals surface area contributed by atoms with E-state index in [2.05, 4.69) is 10.6 Å². The van der Waals surface area contributed by atoms with Crippen LogP contribution in [-0.4, -0.2) is 54.5 Å². The van der Waals surface area contributed by atoms with Gasteiger partial charge in [-0.15, -0.1) is 0 Å². The Morgan fingerprint density at radius 1 is 1.21 bits per heavy atom. The average Bonchev–Trinajstić information content (AvgIpc) is 3.28. The van der Waals surface area contributed by atoms with Gasteiger partial charge in [0.25, 0.3) is 11.8 Å². The SMILES string of the molecule is COc1ccccc1CNC(=O)COC(=O)CCN1C(=O)NC2(CCCC2)C1=O. The number of esters is 1. The van der Waals surface area contributed by atoms with Crippen molar-refractivity contribution in [1.29, 1.82) is 0 Å². The fraction of sp³-hybridized carbons (Fsp3) is 0.500. The van der Waals surface area contributed by atoms with E-state index in [1.807, 2.05) is 18.2 Å². The first-order valence-corrected chi connectivity index (χ1v) is 9.63. The van der Waals surface area contributed by atoms with Crippen LogP contribution in [0.3, 0.4) is 0 Å². The molecule has 9 nitrogen and oxygen atoms in total. The maximum Gasteiger partial charge on any atom is 0.325 e. The summed E-state index contributed by atoms with van der Waals surface area (Å²) in [6.07, 6.45) is 2.89. The minimum absolute atomic E-state index is 0.0614. The van der Waals surface area contributed by atoms with Gasteiger partial charge in [-0.3, -0.25) is 19.3 Å². The number of methoxy groups -OCH3 is 1. The zero-order valence-corrected chi connectivity index (χ0v) is 16.4. The Morgan fingerprint density at radius 3 is 2.66 bits per heavy atom. The Kier molecular flexibility index (Phi) is 6.36. The smallest absolute Gasteiger partial charge is 0.325 e. The van der Waals surface area contributed by atoms with Crippen LogP contribution in [0.4, 0.5) is 4.79 Å². The number of hydrogen-bond acceptors (Lipinski definition) is 6. The minimum atomic E-state index is -0.792. The lowest BCUT2D eigenvalue weighted by molar-refractivity contribution is -0.149. The first-order chi connectivity index (χ1) is 13.9. The maximum absolute atomic E-state index is 12.5. The van der Waals surface area contributed by atoms with E-state index in [1.54, 1.807) is 13.2 Å². The molecule has 1 aromatic rings. The standard InChI is InChI=1S/C20H25N3O6/c1-28-15-7-3-2-6-14(15)12-21-16(24)13-29-17(25)8-11-23-18(26)20(22-19(23)27)9-4-5-10-20/h2-3,6-7H,4-5,8-13H2,1H3,(H,21,24)(H,22,27). The van der Waals surface area contributed by atoms with Gasteiger partial charge in [-0.05, 0) is 18.9 Å². The van der Waals surface area contributed by atoms with Crippen LogP contribution >= 0.6 is 0 Å². The van der Waals surface area contributed by atoms with Gasteiger partial charge in [0.2, 0.25) is 0 Å². The number of nitrogens with zero attached hydrogens (tertiary/aromatic N) is 1. The summed E-state index contributed by atoms with van der Waals surface area (Å²) in [5, 5.41) is 5.40. The molecule has 0 radical (unpaired) electrons. The van der Waals surface area contributed by atoms with Crippen LogP contribution in [0.1, 0.15) is 37.7 Å². The molecule has 0 bridgehead atoms. The van der Waals surface area contributed by atoms with Gasteiger partial charge in [0, 0.05) is 18.7 Å². The van der Waals surface area contributed by atoms with E-state index < -0.39 is 30.1 Å². The van der Waals surface area contributed by atoms with E-state index in [-0.39, 0.29) is 25.4 Å². The molecule has 1 aliphatic heterocycles. The number of para-hydroxylation sites is 1. The third-order valence-electron chi connectivity index (χ3n) is 5.28. The van der Waals surface area contributed by atoms with Crippen LogP contribution < -0.4 is 15.4 Å². The molecule has 2 N–H and O–H groups in total. The van der Waals surface area contributed by atoms with Crippen molar-refractivity contribution in [3.8, 4) is 5.75 Å². The predicted octanol–water partition coefficient (Wildman–Crippen LogP) is 1.11. The molecule has 0 aromatic heterocycles. The van der Waals surface area contributed by atoms with Gasteiger partial charge in [0.15, 0.2) is 6.61 Å². The number of ether oxygens (including phenoxy) is 2. The van der Waals surface area contributed by atoms with E-state index >= 15 is 0 Å².